The van der Waals surface area contributed by atoms with Crippen molar-refractivity contribution in [3.8, 4) is 0 Å². The monoisotopic (exact) mass is 322 g/mol. The number of aromatic amines is 1. The van der Waals surface area contributed by atoms with Crippen LogP contribution in [-0.2, 0) is 0 Å². The Morgan fingerprint density at radius 1 is 1.17 bits per heavy atom. The van der Waals surface area contributed by atoms with Gasteiger partial charge < -0.3 is 5.32 Å². The van der Waals surface area contributed by atoms with E-state index in [1.807, 2.05) is 0 Å². The smallest absolute Gasteiger partial charge is 0.230 e. The SMILES string of the molecule is O=C(c1cccc(F)c1)c1nc(Nc2ccn[nH]2)n2cccc2n1. The van der Waals surface area contributed by atoms with Gasteiger partial charge in [0.25, 0.3) is 0 Å². The van der Waals surface area contributed by atoms with E-state index in [0.29, 0.717) is 17.4 Å². The average molecular weight is 322 g/mol. The van der Waals surface area contributed by atoms with Gasteiger partial charge in [0.2, 0.25) is 17.6 Å². The summed E-state index contributed by atoms with van der Waals surface area (Å²) in [6.45, 7) is 0. The van der Waals surface area contributed by atoms with Gasteiger partial charge in [-0.1, -0.05) is 12.1 Å². The van der Waals surface area contributed by atoms with Gasteiger partial charge in [-0.2, -0.15) is 10.1 Å². The molecule has 7 nitrogen and oxygen atoms in total. The third-order valence-electron chi connectivity index (χ3n) is 3.42. The van der Waals surface area contributed by atoms with Crippen molar-refractivity contribution in [3.63, 3.8) is 0 Å². The van der Waals surface area contributed by atoms with Crippen molar-refractivity contribution in [1.82, 2.24) is 24.6 Å². The maximum atomic E-state index is 13.4. The fourth-order valence-electron chi connectivity index (χ4n) is 2.32. The highest BCUT2D eigenvalue weighted by molar-refractivity contribution is 6.06. The number of fused-ring (bicyclic) bond motifs is 1. The first-order chi connectivity index (χ1) is 11.7. The summed E-state index contributed by atoms with van der Waals surface area (Å²) >= 11 is 0. The van der Waals surface area contributed by atoms with Crippen LogP contribution in [0.5, 0.6) is 0 Å². The number of rotatable bonds is 4. The molecule has 0 radical (unpaired) electrons. The lowest BCUT2D eigenvalue weighted by Gasteiger charge is -2.08. The van der Waals surface area contributed by atoms with Gasteiger partial charge in [0.1, 0.15) is 17.3 Å². The summed E-state index contributed by atoms with van der Waals surface area (Å²) in [5, 5.41) is 9.65. The lowest BCUT2D eigenvalue weighted by atomic mass is 10.1. The zero-order chi connectivity index (χ0) is 16.5. The molecular formula is C16H11FN6O. The molecule has 0 fully saturated rings. The number of anilines is 2. The summed E-state index contributed by atoms with van der Waals surface area (Å²) in [6, 6.07) is 10.7. The third-order valence-corrected chi connectivity index (χ3v) is 3.42. The summed E-state index contributed by atoms with van der Waals surface area (Å²) in [6.07, 6.45) is 3.36. The molecule has 24 heavy (non-hydrogen) atoms. The first-order valence-corrected chi connectivity index (χ1v) is 7.12. The molecule has 2 N–H and O–H groups in total. The Hall–Kier alpha value is -3.55. The third kappa shape index (κ3) is 2.50. The van der Waals surface area contributed by atoms with E-state index in [9.17, 15) is 9.18 Å². The molecule has 0 saturated heterocycles. The van der Waals surface area contributed by atoms with Crippen molar-refractivity contribution < 1.29 is 9.18 Å². The van der Waals surface area contributed by atoms with Crippen molar-refractivity contribution in [2.45, 2.75) is 0 Å². The predicted molar refractivity (Wildman–Crippen MR) is 84.7 cm³/mol. The molecule has 118 valence electrons. The van der Waals surface area contributed by atoms with Crippen LogP contribution in [0.2, 0.25) is 0 Å². The topological polar surface area (TPSA) is 88.0 Å². The molecule has 1 aromatic carbocycles. The molecule has 0 unspecified atom stereocenters. The van der Waals surface area contributed by atoms with Gasteiger partial charge in [0, 0.05) is 17.8 Å². The summed E-state index contributed by atoms with van der Waals surface area (Å²) in [7, 11) is 0. The standard InChI is InChI=1S/C16H11FN6O/c17-11-4-1-3-10(9-11)14(24)15-20-13-5-2-8-23(13)16(21-15)19-12-6-7-18-22-12/h1-9H,(H2,18,19,20,21,22). The van der Waals surface area contributed by atoms with Gasteiger partial charge in [0.15, 0.2) is 0 Å². The van der Waals surface area contributed by atoms with Crippen LogP contribution in [0.4, 0.5) is 16.2 Å². The number of nitrogens with zero attached hydrogens (tertiary/aromatic N) is 4. The van der Waals surface area contributed by atoms with Gasteiger partial charge in [-0.15, -0.1) is 0 Å². The number of halogens is 1. The summed E-state index contributed by atoms with van der Waals surface area (Å²) in [4.78, 5) is 21.1. The molecule has 0 atom stereocenters. The highest BCUT2D eigenvalue weighted by Gasteiger charge is 2.16. The minimum Gasteiger partial charge on any atom is -0.310 e. The molecule has 0 aliphatic rings. The van der Waals surface area contributed by atoms with Crippen LogP contribution in [-0.4, -0.2) is 30.3 Å². The van der Waals surface area contributed by atoms with Crippen molar-refractivity contribution in [2.24, 2.45) is 0 Å². The van der Waals surface area contributed by atoms with Crippen LogP contribution < -0.4 is 5.32 Å². The Morgan fingerprint density at radius 2 is 2.08 bits per heavy atom. The molecule has 3 aromatic heterocycles. The fraction of sp³-hybridized carbons (Fsp3) is 0. The summed E-state index contributed by atoms with van der Waals surface area (Å²) in [5.41, 5.74) is 0.741. The number of ketones is 1. The lowest BCUT2D eigenvalue weighted by Crippen LogP contribution is -2.12. The molecule has 3 heterocycles. The number of hydrogen-bond donors (Lipinski definition) is 2. The number of carbonyl (C=O) groups is 1. The summed E-state index contributed by atoms with van der Waals surface area (Å²) in [5.74, 6) is 0.0574. The molecule has 8 heteroatoms. The van der Waals surface area contributed by atoms with Crippen LogP contribution in [0.25, 0.3) is 5.65 Å². The number of H-pyrrole nitrogens is 1. The zero-order valence-electron chi connectivity index (χ0n) is 12.3. The Labute approximate surface area is 135 Å². The first-order valence-electron chi connectivity index (χ1n) is 7.12. The van der Waals surface area contributed by atoms with E-state index in [4.69, 9.17) is 0 Å². The number of benzene rings is 1. The van der Waals surface area contributed by atoms with Gasteiger partial charge in [0.05, 0.1) is 6.20 Å². The van der Waals surface area contributed by atoms with E-state index in [2.05, 4.69) is 25.5 Å². The van der Waals surface area contributed by atoms with Gasteiger partial charge in [-0.25, -0.2) is 9.37 Å². The number of carbonyl (C=O) groups excluding carboxylic acids is 1. The van der Waals surface area contributed by atoms with Crippen LogP contribution in [0, 0.1) is 5.82 Å². The van der Waals surface area contributed by atoms with E-state index in [-0.39, 0.29) is 11.4 Å². The predicted octanol–water partition coefficient (Wildman–Crippen LogP) is 2.57. The fourth-order valence-corrected chi connectivity index (χ4v) is 2.32. The van der Waals surface area contributed by atoms with E-state index in [1.165, 1.54) is 18.2 Å². The zero-order valence-corrected chi connectivity index (χ0v) is 12.3. The second kappa shape index (κ2) is 5.58. The number of hydrogen-bond acceptors (Lipinski definition) is 5. The van der Waals surface area contributed by atoms with Gasteiger partial charge in [-0.05, 0) is 24.3 Å². The number of aromatic nitrogens is 5. The second-order valence-corrected chi connectivity index (χ2v) is 5.04. The van der Waals surface area contributed by atoms with Crippen molar-refractivity contribution in [3.05, 3.63) is 72.1 Å². The first kappa shape index (κ1) is 14.1. The molecule has 0 bridgehead atoms. The lowest BCUT2D eigenvalue weighted by molar-refractivity contribution is 0.102. The molecule has 0 saturated carbocycles. The second-order valence-electron chi connectivity index (χ2n) is 5.04. The molecule has 0 amide bonds. The summed E-state index contributed by atoms with van der Waals surface area (Å²) < 4.78 is 15.1. The molecule has 0 aliphatic heterocycles. The highest BCUT2D eigenvalue weighted by Crippen LogP contribution is 2.16. The molecule has 0 aliphatic carbocycles. The maximum absolute atomic E-state index is 13.4. The van der Waals surface area contributed by atoms with Gasteiger partial charge in [-0.3, -0.25) is 14.3 Å². The van der Waals surface area contributed by atoms with E-state index < -0.39 is 11.6 Å². The Bertz CT molecular complexity index is 1020. The van der Waals surface area contributed by atoms with Crippen LogP contribution in [0.3, 0.4) is 0 Å². The van der Waals surface area contributed by atoms with E-state index in [1.54, 1.807) is 35.0 Å². The van der Waals surface area contributed by atoms with Crippen LogP contribution in [0.1, 0.15) is 16.2 Å². The van der Waals surface area contributed by atoms with Crippen LogP contribution in [0.15, 0.2) is 54.9 Å². The Balaban J connectivity index is 1.80. The minimum absolute atomic E-state index is 0.0196. The van der Waals surface area contributed by atoms with Crippen molar-refractivity contribution in [2.75, 3.05) is 5.32 Å². The highest BCUT2D eigenvalue weighted by atomic mass is 19.1. The van der Waals surface area contributed by atoms with Crippen molar-refractivity contribution >= 4 is 23.2 Å². The molecular weight excluding hydrogens is 311 g/mol. The maximum Gasteiger partial charge on any atom is 0.230 e. The molecule has 4 aromatic rings. The normalized spacial score (nSPS) is 10.9. The number of nitrogens with one attached hydrogen (secondary N) is 2. The quantitative estimate of drug-likeness (QED) is 0.564. The molecule has 0 spiro atoms. The minimum atomic E-state index is -0.486. The van der Waals surface area contributed by atoms with Gasteiger partial charge >= 0.3 is 0 Å². The van der Waals surface area contributed by atoms with E-state index >= 15 is 0 Å². The van der Waals surface area contributed by atoms with Crippen LogP contribution >= 0.6 is 0 Å². The largest absolute Gasteiger partial charge is 0.310 e. The Morgan fingerprint density at radius 3 is 2.88 bits per heavy atom. The van der Waals surface area contributed by atoms with E-state index in [0.717, 1.165) is 6.07 Å². The van der Waals surface area contributed by atoms with Crippen molar-refractivity contribution in [1.29, 1.82) is 0 Å². The average Bonchev–Trinajstić information content (AvgIpc) is 3.25. The molecule has 4 rings (SSSR count). The Kier molecular flexibility index (Phi) is 3.27.